The predicted octanol–water partition coefficient (Wildman–Crippen LogP) is 3.02. The Kier molecular flexibility index (Phi) is 4.44. The molecule has 4 nitrogen and oxygen atoms in total. The van der Waals surface area contributed by atoms with Crippen LogP contribution in [0.5, 0.6) is 0 Å². The van der Waals surface area contributed by atoms with Gasteiger partial charge in [0, 0.05) is 24.1 Å². The molecule has 1 N–H and O–H groups in total. The first-order chi connectivity index (χ1) is 13.7. The van der Waals surface area contributed by atoms with Crippen molar-refractivity contribution in [1.82, 2.24) is 9.80 Å². The second kappa shape index (κ2) is 6.98. The van der Waals surface area contributed by atoms with E-state index in [2.05, 4.69) is 9.80 Å². The van der Waals surface area contributed by atoms with E-state index in [1.165, 1.54) is 12.1 Å². The predicted molar refractivity (Wildman–Crippen MR) is 104 cm³/mol. The number of hydrogen-bond donors (Lipinski definition) is 1. The van der Waals surface area contributed by atoms with Crippen LogP contribution in [0.1, 0.15) is 40.2 Å². The molecule has 4 aliphatic heterocycles. The molecule has 5 heteroatoms. The molecule has 28 heavy (non-hydrogen) atoms. The Labute approximate surface area is 164 Å². The first-order valence-electron chi connectivity index (χ1n) is 10.2. The van der Waals surface area contributed by atoms with Crippen molar-refractivity contribution in [2.75, 3.05) is 19.6 Å². The molecule has 0 saturated carbocycles. The Morgan fingerprint density at radius 1 is 1.00 bits per heavy atom. The van der Waals surface area contributed by atoms with Crippen LogP contribution >= 0.6 is 0 Å². The van der Waals surface area contributed by atoms with Crippen molar-refractivity contribution in [1.29, 1.82) is 0 Å². The van der Waals surface area contributed by atoms with Gasteiger partial charge in [0.15, 0.2) is 0 Å². The molecule has 0 spiro atoms. The van der Waals surface area contributed by atoms with Crippen molar-refractivity contribution in [2.45, 2.75) is 37.5 Å². The minimum absolute atomic E-state index is 0.0213. The van der Waals surface area contributed by atoms with E-state index in [4.69, 9.17) is 0 Å². The molecular formula is C23H25FN2O2. The van der Waals surface area contributed by atoms with Crippen LogP contribution in [0.15, 0.2) is 48.5 Å². The van der Waals surface area contributed by atoms with Gasteiger partial charge < -0.3 is 10.0 Å². The normalized spacial score (nSPS) is 31.1. The summed E-state index contributed by atoms with van der Waals surface area (Å²) in [5.41, 5.74) is 2.60. The van der Waals surface area contributed by atoms with Crippen molar-refractivity contribution in [3.05, 3.63) is 71.0 Å². The quantitative estimate of drug-likeness (QED) is 0.890. The number of fused-ring (bicyclic) bond motifs is 2. The molecule has 0 aromatic heterocycles. The van der Waals surface area contributed by atoms with Crippen LogP contribution < -0.4 is 0 Å². The number of hydrogen-bond acceptors (Lipinski definition) is 3. The molecule has 3 atom stereocenters. The zero-order chi connectivity index (χ0) is 19.3. The zero-order valence-corrected chi connectivity index (χ0v) is 15.8. The number of halogens is 1. The summed E-state index contributed by atoms with van der Waals surface area (Å²) in [6, 6.07) is 14.6. The summed E-state index contributed by atoms with van der Waals surface area (Å²) in [6.07, 6.45) is 2.29. The molecule has 1 amide bonds. The van der Waals surface area contributed by atoms with Crippen LogP contribution in [0.3, 0.4) is 0 Å². The van der Waals surface area contributed by atoms with E-state index in [0.717, 1.165) is 37.1 Å². The zero-order valence-electron chi connectivity index (χ0n) is 15.8. The Morgan fingerprint density at radius 2 is 1.68 bits per heavy atom. The van der Waals surface area contributed by atoms with E-state index >= 15 is 0 Å². The fourth-order valence-electron chi connectivity index (χ4n) is 5.58. The molecule has 0 aliphatic carbocycles. The highest BCUT2D eigenvalue weighted by atomic mass is 19.1. The van der Waals surface area contributed by atoms with Gasteiger partial charge in [-0.15, -0.1) is 0 Å². The summed E-state index contributed by atoms with van der Waals surface area (Å²) in [6.45, 7) is 2.84. The summed E-state index contributed by atoms with van der Waals surface area (Å²) in [4.78, 5) is 18.0. The SMILES string of the molecule is O=C(c1ccc(CO)cc1)N1C[C@@H](c2ccc(F)cc2)[C@@H]2[C@H]1C1CCN2CC1. The number of aliphatic hydroxyl groups excluding tert-OH is 1. The molecule has 2 bridgehead atoms. The number of carbonyl (C=O) groups is 1. The number of rotatable bonds is 3. The number of piperidine rings is 3. The molecule has 4 saturated heterocycles. The van der Waals surface area contributed by atoms with E-state index < -0.39 is 0 Å². The standard InChI is InChI=1S/C23H25FN2O2/c24-19-7-5-16(6-8-19)20-13-26(21-17-9-11-25(12-10-17)22(20)21)23(28)18-3-1-15(14-27)2-4-18/h1-8,17,20-22,27H,9-14H2/t20-,21+,22+/m0/s1. The Bertz CT molecular complexity index is 859. The monoisotopic (exact) mass is 380 g/mol. The number of nitrogens with zero attached hydrogens (tertiary/aromatic N) is 2. The fraction of sp³-hybridized carbons (Fsp3) is 0.435. The molecule has 0 unspecified atom stereocenters. The van der Waals surface area contributed by atoms with Gasteiger partial charge in [0.05, 0.1) is 12.6 Å². The van der Waals surface area contributed by atoms with E-state index in [1.807, 2.05) is 36.4 Å². The molecule has 6 rings (SSSR count). The minimum atomic E-state index is -0.222. The first-order valence-corrected chi connectivity index (χ1v) is 10.2. The lowest BCUT2D eigenvalue weighted by Crippen LogP contribution is -2.60. The van der Waals surface area contributed by atoms with Crippen molar-refractivity contribution in [3.63, 3.8) is 0 Å². The first kappa shape index (κ1) is 17.8. The average Bonchev–Trinajstić information content (AvgIpc) is 3.17. The molecule has 2 aromatic rings. The lowest BCUT2D eigenvalue weighted by molar-refractivity contribution is -0.00341. The molecule has 2 aromatic carbocycles. The average molecular weight is 380 g/mol. The van der Waals surface area contributed by atoms with Gasteiger partial charge in [-0.1, -0.05) is 24.3 Å². The van der Waals surface area contributed by atoms with Crippen molar-refractivity contribution in [2.24, 2.45) is 5.92 Å². The van der Waals surface area contributed by atoms with E-state index in [9.17, 15) is 14.3 Å². The molecule has 4 aliphatic rings. The van der Waals surface area contributed by atoms with E-state index in [0.29, 0.717) is 24.1 Å². The third kappa shape index (κ3) is 2.85. The summed E-state index contributed by atoms with van der Waals surface area (Å²) in [7, 11) is 0. The maximum atomic E-state index is 13.5. The van der Waals surface area contributed by atoms with Crippen LogP contribution in [-0.4, -0.2) is 52.5 Å². The second-order valence-electron chi connectivity index (χ2n) is 8.33. The summed E-state index contributed by atoms with van der Waals surface area (Å²) in [5.74, 6) is 0.606. The largest absolute Gasteiger partial charge is 0.392 e. The highest BCUT2D eigenvalue weighted by molar-refractivity contribution is 5.95. The third-order valence-corrected chi connectivity index (χ3v) is 6.94. The maximum Gasteiger partial charge on any atom is 0.254 e. The molecule has 4 heterocycles. The number of likely N-dealkylation sites (tertiary alicyclic amines) is 1. The van der Waals surface area contributed by atoms with Gasteiger partial charge in [0.2, 0.25) is 0 Å². The fourth-order valence-corrected chi connectivity index (χ4v) is 5.58. The smallest absolute Gasteiger partial charge is 0.254 e. The van der Waals surface area contributed by atoms with Gasteiger partial charge in [-0.25, -0.2) is 4.39 Å². The second-order valence-corrected chi connectivity index (χ2v) is 8.33. The van der Waals surface area contributed by atoms with Crippen LogP contribution in [-0.2, 0) is 6.61 Å². The highest BCUT2D eigenvalue weighted by Gasteiger charge is 2.54. The molecule has 146 valence electrons. The van der Waals surface area contributed by atoms with Gasteiger partial charge in [0.1, 0.15) is 5.82 Å². The number of aliphatic hydroxyl groups is 1. The molecular weight excluding hydrogens is 355 g/mol. The van der Waals surface area contributed by atoms with Gasteiger partial charge >= 0.3 is 0 Å². The van der Waals surface area contributed by atoms with E-state index in [1.54, 1.807) is 0 Å². The number of benzene rings is 2. The minimum Gasteiger partial charge on any atom is -0.392 e. The van der Waals surface area contributed by atoms with Crippen molar-refractivity contribution in [3.8, 4) is 0 Å². The highest BCUT2D eigenvalue weighted by Crippen LogP contribution is 2.46. The Hall–Kier alpha value is -2.24. The Balaban J connectivity index is 1.49. The van der Waals surface area contributed by atoms with E-state index in [-0.39, 0.29) is 30.3 Å². The summed E-state index contributed by atoms with van der Waals surface area (Å²) < 4.78 is 13.5. The molecule has 4 fully saturated rings. The van der Waals surface area contributed by atoms with Crippen LogP contribution in [0.4, 0.5) is 4.39 Å². The summed E-state index contributed by atoms with van der Waals surface area (Å²) >= 11 is 0. The van der Waals surface area contributed by atoms with Crippen molar-refractivity contribution >= 4 is 5.91 Å². The van der Waals surface area contributed by atoms with Gasteiger partial charge in [-0.05, 0) is 67.2 Å². The Morgan fingerprint density at radius 3 is 2.32 bits per heavy atom. The lowest BCUT2D eigenvalue weighted by Gasteiger charge is -2.51. The van der Waals surface area contributed by atoms with Crippen LogP contribution in [0, 0.1) is 11.7 Å². The number of carbonyl (C=O) groups excluding carboxylic acids is 1. The third-order valence-electron chi connectivity index (χ3n) is 6.94. The van der Waals surface area contributed by atoms with Gasteiger partial charge in [-0.3, -0.25) is 9.69 Å². The topological polar surface area (TPSA) is 43.8 Å². The summed E-state index contributed by atoms with van der Waals surface area (Å²) in [5, 5.41) is 9.26. The van der Waals surface area contributed by atoms with Gasteiger partial charge in [-0.2, -0.15) is 0 Å². The molecule has 0 radical (unpaired) electrons. The van der Waals surface area contributed by atoms with Gasteiger partial charge in [0.25, 0.3) is 5.91 Å². The maximum absolute atomic E-state index is 13.5. The lowest BCUT2D eigenvalue weighted by atomic mass is 9.75. The van der Waals surface area contributed by atoms with Crippen LogP contribution in [0.2, 0.25) is 0 Å². The van der Waals surface area contributed by atoms with Crippen LogP contribution in [0.25, 0.3) is 0 Å². The number of amides is 1. The van der Waals surface area contributed by atoms with Crippen molar-refractivity contribution < 1.29 is 14.3 Å².